The highest BCUT2D eigenvalue weighted by atomic mass is 32.1. The summed E-state index contributed by atoms with van der Waals surface area (Å²) < 4.78 is 0. The standard InChI is InChI=1S/C21H31N3O4.C9H17N3O3S/c1-4-11-23(14-20(27)24-12-5-6-15(24)2)21(28)19(22-16(3)25)13-17-7-9-18(26)10-8-17;1-2-3-12(6-13)4-8(14)11-7(5-16)9(10)15/h7-10,15,19,26H,4-6,11-14H2,1-3H3,(H,22,25);6-7,16H,2-5H2,1H3,(H2,10,15)(H,11,14). The van der Waals surface area contributed by atoms with Gasteiger partial charge in [-0.15, -0.1) is 0 Å². The maximum atomic E-state index is 13.2. The summed E-state index contributed by atoms with van der Waals surface area (Å²) in [4.78, 5) is 75.0. The van der Waals surface area contributed by atoms with Crippen LogP contribution in [0, 0.1) is 0 Å². The highest BCUT2D eigenvalue weighted by molar-refractivity contribution is 7.80. The molecule has 0 spiro atoms. The van der Waals surface area contributed by atoms with Crippen molar-refractivity contribution in [3.8, 4) is 5.75 Å². The molecule has 13 nitrogen and oxygen atoms in total. The molecular formula is C30H48N6O7S. The third-order valence-corrected chi connectivity index (χ3v) is 7.29. The van der Waals surface area contributed by atoms with Crippen molar-refractivity contribution < 1.29 is 33.9 Å². The largest absolute Gasteiger partial charge is 0.508 e. The van der Waals surface area contributed by atoms with Crippen molar-refractivity contribution in [1.29, 1.82) is 0 Å². The molecule has 246 valence electrons. The summed E-state index contributed by atoms with van der Waals surface area (Å²) in [5.74, 6) is -1.38. The Balaban J connectivity index is 0.000000517. The number of nitrogens with two attached hydrogens (primary N) is 1. The zero-order valence-electron chi connectivity index (χ0n) is 26.2. The molecule has 1 aromatic rings. The van der Waals surface area contributed by atoms with Crippen LogP contribution in [-0.2, 0) is 35.2 Å². The molecule has 0 aromatic heterocycles. The smallest absolute Gasteiger partial charge is 0.245 e. The van der Waals surface area contributed by atoms with Gasteiger partial charge in [-0.25, -0.2) is 0 Å². The van der Waals surface area contributed by atoms with Crippen LogP contribution in [-0.4, -0.2) is 112 Å². The number of benzene rings is 1. The lowest BCUT2D eigenvalue weighted by molar-refractivity contribution is -0.142. The van der Waals surface area contributed by atoms with Gasteiger partial charge in [-0.2, -0.15) is 12.6 Å². The molecule has 1 aliphatic rings. The number of primary amides is 1. The average Bonchev–Trinajstić information content (AvgIpc) is 3.41. The molecule has 1 aromatic carbocycles. The van der Waals surface area contributed by atoms with E-state index in [-0.39, 0.29) is 48.4 Å². The molecule has 1 fully saturated rings. The molecule has 1 saturated heterocycles. The van der Waals surface area contributed by atoms with E-state index in [9.17, 15) is 33.9 Å². The molecule has 6 amide bonds. The summed E-state index contributed by atoms with van der Waals surface area (Å²) in [6, 6.07) is 5.19. The van der Waals surface area contributed by atoms with E-state index in [1.165, 1.54) is 11.8 Å². The zero-order chi connectivity index (χ0) is 33.2. The summed E-state index contributed by atoms with van der Waals surface area (Å²) in [7, 11) is 0. The molecule has 1 aliphatic heterocycles. The first-order chi connectivity index (χ1) is 20.9. The minimum absolute atomic E-state index is 0.0304. The second-order valence-electron chi connectivity index (χ2n) is 10.7. The number of thiol groups is 1. The number of rotatable bonds is 16. The molecule has 44 heavy (non-hydrogen) atoms. The van der Waals surface area contributed by atoms with Crippen molar-refractivity contribution in [1.82, 2.24) is 25.3 Å². The normalized spacial score (nSPS) is 15.2. The Morgan fingerprint density at radius 3 is 2.18 bits per heavy atom. The Kier molecular flexibility index (Phi) is 17.5. The van der Waals surface area contributed by atoms with Gasteiger partial charge < -0.3 is 36.2 Å². The second kappa shape index (κ2) is 20.2. The zero-order valence-corrected chi connectivity index (χ0v) is 27.1. The number of hydrogen-bond donors (Lipinski definition) is 5. The Hall–Kier alpha value is -3.81. The number of nitrogens with zero attached hydrogens (tertiary/aromatic N) is 3. The van der Waals surface area contributed by atoms with Gasteiger partial charge in [0.15, 0.2) is 0 Å². The van der Waals surface area contributed by atoms with Crippen LogP contribution < -0.4 is 16.4 Å². The van der Waals surface area contributed by atoms with Gasteiger partial charge in [0.1, 0.15) is 17.8 Å². The maximum Gasteiger partial charge on any atom is 0.245 e. The Morgan fingerprint density at radius 2 is 1.70 bits per heavy atom. The van der Waals surface area contributed by atoms with E-state index in [1.54, 1.807) is 29.2 Å². The van der Waals surface area contributed by atoms with Crippen LogP contribution in [0.2, 0.25) is 0 Å². The summed E-state index contributed by atoms with van der Waals surface area (Å²) in [6.45, 7) is 8.90. The van der Waals surface area contributed by atoms with E-state index >= 15 is 0 Å². The number of carbonyl (C=O) groups excluding carboxylic acids is 6. The Bertz CT molecular complexity index is 1100. The van der Waals surface area contributed by atoms with Crippen molar-refractivity contribution in [2.24, 2.45) is 5.73 Å². The molecule has 3 unspecified atom stereocenters. The van der Waals surface area contributed by atoms with Crippen LogP contribution in [0.3, 0.4) is 0 Å². The number of hydrogen-bond acceptors (Lipinski definition) is 8. The van der Waals surface area contributed by atoms with Crippen LogP contribution >= 0.6 is 12.6 Å². The topological polar surface area (TPSA) is 182 Å². The van der Waals surface area contributed by atoms with E-state index in [2.05, 4.69) is 23.3 Å². The lowest BCUT2D eigenvalue weighted by Gasteiger charge is -2.30. The molecular weight excluding hydrogens is 588 g/mol. The monoisotopic (exact) mass is 636 g/mol. The Labute approximate surface area is 265 Å². The molecule has 5 N–H and O–H groups in total. The summed E-state index contributed by atoms with van der Waals surface area (Å²) in [5, 5.41) is 14.6. The van der Waals surface area contributed by atoms with Crippen LogP contribution in [0.1, 0.15) is 58.9 Å². The van der Waals surface area contributed by atoms with E-state index in [0.717, 1.165) is 37.8 Å². The molecule has 0 saturated carbocycles. The van der Waals surface area contributed by atoms with Crippen LogP contribution in [0.4, 0.5) is 0 Å². The van der Waals surface area contributed by atoms with E-state index < -0.39 is 23.9 Å². The number of carbonyl (C=O) groups is 6. The van der Waals surface area contributed by atoms with Gasteiger partial charge in [0.2, 0.25) is 35.9 Å². The van der Waals surface area contributed by atoms with Crippen molar-refractivity contribution >= 4 is 48.6 Å². The molecule has 0 radical (unpaired) electrons. The molecule has 1 heterocycles. The number of phenolic OH excluding ortho intramolecular Hbond substituents is 1. The van der Waals surface area contributed by atoms with Gasteiger partial charge in [-0.1, -0.05) is 26.0 Å². The van der Waals surface area contributed by atoms with E-state index in [0.29, 0.717) is 25.9 Å². The number of nitrogens with one attached hydrogen (secondary N) is 2. The van der Waals surface area contributed by atoms with Crippen molar-refractivity contribution in [2.75, 3.05) is 38.5 Å². The van der Waals surface area contributed by atoms with E-state index in [4.69, 9.17) is 5.73 Å². The van der Waals surface area contributed by atoms with Gasteiger partial charge in [0.25, 0.3) is 0 Å². The molecule has 14 heteroatoms. The Morgan fingerprint density at radius 1 is 1.07 bits per heavy atom. The fraction of sp³-hybridized carbons (Fsp3) is 0.600. The lowest BCUT2D eigenvalue weighted by atomic mass is 10.0. The number of amides is 6. The third-order valence-electron chi connectivity index (χ3n) is 6.92. The average molecular weight is 637 g/mol. The summed E-state index contributed by atoms with van der Waals surface area (Å²) in [5.41, 5.74) is 5.85. The van der Waals surface area contributed by atoms with Crippen molar-refractivity contribution in [3.63, 3.8) is 0 Å². The highest BCUT2D eigenvalue weighted by Gasteiger charge is 2.30. The minimum Gasteiger partial charge on any atom is -0.508 e. The van der Waals surface area contributed by atoms with Gasteiger partial charge in [-0.3, -0.25) is 28.8 Å². The van der Waals surface area contributed by atoms with Crippen molar-refractivity contribution in [2.45, 2.75) is 77.9 Å². The van der Waals surface area contributed by atoms with Gasteiger partial charge in [0.05, 0.1) is 13.1 Å². The van der Waals surface area contributed by atoms with Gasteiger partial charge >= 0.3 is 0 Å². The summed E-state index contributed by atoms with van der Waals surface area (Å²) >= 11 is 3.89. The number of likely N-dealkylation sites (tertiary alicyclic amines) is 1. The molecule has 2 rings (SSSR count). The molecule has 3 atom stereocenters. The van der Waals surface area contributed by atoms with Gasteiger partial charge in [0, 0.05) is 44.8 Å². The predicted molar refractivity (Wildman–Crippen MR) is 170 cm³/mol. The molecule has 0 bridgehead atoms. The second-order valence-corrected chi connectivity index (χ2v) is 11.1. The van der Waals surface area contributed by atoms with Crippen LogP contribution in [0.25, 0.3) is 0 Å². The predicted octanol–water partition coefficient (Wildman–Crippen LogP) is 0.444. The molecule has 0 aliphatic carbocycles. The quantitative estimate of drug-likeness (QED) is 0.129. The lowest BCUT2D eigenvalue weighted by Crippen LogP contribution is -2.52. The first-order valence-corrected chi connectivity index (χ1v) is 15.5. The fourth-order valence-corrected chi connectivity index (χ4v) is 4.99. The number of aromatic hydroxyl groups is 1. The fourth-order valence-electron chi connectivity index (χ4n) is 4.72. The highest BCUT2D eigenvalue weighted by Crippen LogP contribution is 2.17. The SMILES string of the molecule is CCCN(C=O)CC(=O)NC(CS)C(N)=O.CCCN(CC(=O)N1CCCC1C)C(=O)C(Cc1ccc(O)cc1)NC(C)=O. The summed E-state index contributed by atoms with van der Waals surface area (Å²) in [6.07, 6.45) is 4.36. The van der Waals surface area contributed by atoms with Gasteiger partial charge in [-0.05, 0) is 50.3 Å². The third kappa shape index (κ3) is 13.7. The minimum atomic E-state index is -0.800. The van der Waals surface area contributed by atoms with Crippen LogP contribution in [0.5, 0.6) is 5.75 Å². The first kappa shape index (κ1) is 38.2. The van der Waals surface area contributed by atoms with E-state index in [1.807, 2.05) is 25.7 Å². The maximum absolute atomic E-state index is 13.2. The first-order valence-electron chi connectivity index (χ1n) is 14.9. The van der Waals surface area contributed by atoms with Crippen molar-refractivity contribution in [3.05, 3.63) is 29.8 Å². The van der Waals surface area contributed by atoms with Crippen LogP contribution in [0.15, 0.2) is 24.3 Å². The number of phenols is 1.